The molecule has 5 heteroatoms. The molecule has 1 fully saturated rings. The summed E-state index contributed by atoms with van der Waals surface area (Å²) in [7, 11) is 1.89. The summed E-state index contributed by atoms with van der Waals surface area (Å²) in [5, 5.41) is 13.1. The van der Waals surface area contributed by atoms with E-state index in [4.69, 9.17) is 0 Å². The highest BCUT2D eigenvalue weighted by molar-refractivity contribution is 5.95. The van der Waals surface area contributed by atoms with Crippen molar-refractivity contribution in [1.29, 1.82) is 0 Å². The van der Waals surface area contributed by atoms with Crippen LogP contribution in [0.25, 0.3) is 11.3 Å². The topological polar surface area (TPSA) is 67.2 Å². The number of nitrogens with one attached hydrogen (secondary N) is 1. The summed E-state index contributed by atoms with van der Waals surface area (Å²) in [6, 6.07) is 5.31. The Labute approximate surface area is 117 Å². The number of phenolic OH excluding ortho intramolecular Hbond substituents is 1. The van der Waals surface area contributed by atoms with Gasteiger partial charge in [-0.1, -0.05) is 0 Å². The molecule has 104 valence electrons. The van der Waals surface area contributed by atoms with Crippen molar-refractivity contribution in [3.8, 4) is 17.0 Å². The molecule has 5 nitrogen and oxygen atoms in total. The smallest absolute Gasteiger partial charge is 0.251 e. The molecule has 1 saturated carbocycles. The monoisotopic (exact) mass is 271 g/mol. The van der Waals surface area contributed by atoms with Crippen molar-refractivity contribution in [2.45, 2.75) is 25.8 Å². The molecule has 0 atom stereocenters. The quantitative estimate of drug-likeness (QED) is 0.897. The zero-order valence-corrected chi connectivity index (χ0v) is 11.6. The van der Waals surface area contributed by atoms with E-state index < -0.39 is 0 Å². The maximum atomic E-state index is 11.9. The number of aromatic hydroxyl groups is 1. The van der Waals surface area contributed by atoms with Crippen molar-refractivity contribution in [3.63, 3.8) is 0 Å². The fraction of sp³-hybridized carbons (Fsp3) is 0.333. The van der Waals surface area contributed by atoms with Gasteiger partial charge in [-0.2, -0.15) is 0 Å². The number of aromatic nitrogens is 2. The van der Waals surface area contributed by atoms with Gasteiger partial charge in [-0.15, -0.1) is 0 Å². The van der Waals surface area contributed by atoms with Gasteiger partial charge in [0.25, 0.3) is 5.91 Å². The lowest BCUT2D eigenvalue weighted by Crippen LogP contribution is -2.25. The van der Waals surface area contributed by atoms with Gasteiger partial charge in [0.15, 0.2) is 0 Å². The standard InChI is InChI=1S/C15H17N3O2/c1-9-16-8-13(18(9)2)12-6-3-10(7-14(12)19)15(20)17-11-4-5-11/h3,6-8,11,19H,4-5H2,1-2H3,(H,17,20). The van der Waals surface area contributed by atoms with E-state index in [1.54, 1.807) is 18.3 Å². The third kappa shape index (κ3) is 2.27. The van der Waals surface area contributed by atoms with Crippen molar-refractivity contribution >= 4 is 5.91 Å². The highest BCUT2D eigenvalue weighted by Crippen LogP contribution is 2.30. The van der Waals surface area contributed by atoms with Crippen molar-refractivity contribution in [2.24, 2.45) is 7.05 Å². The lowest BCUT2D eigenvalue weighted by Gasteiger charge is -2.09. The summed E-state index contributed by atoms with van der Waals surface area (Å²) in [5.74, 6) is 0.835. The van der Waals surface area contributed by atoms with Gasteiger partial charge in [0.2, 0.25) is 0 Å². The van der Waals surface area contributed by atoms with Gasteiger partial charge in [0, 0.05) is 24.2 Å². The Kier molecular flexibility index (Phi) is 2.97. The predicted octanol–water partition coefficient (Wildman–Crippen LogP) is 1.99. The van der Waals surface area contributed by atoms with E-state index in [1.165, 1.54) is 6.07 Å². The zero-order chi connectivity index (χ0) is 14.3. The molecule has 1 aromatic heterocycles. The number of imidazole rings is 1. The third-order valence-electron chi connectivity index (χ3n) is 3.67. The summed E-state index contributed by atoms with van der Waals surface area (Å²) < 4.78 is 1.90. The van der Waals surface area contributed by atoms with E-state index >= 15 is 0 Å². The molecule has 1 aliphatic rings. The van der Waals surface area contributed by atoms with Crippen LogP contribution in [-0.2, 0) is 7.05 Å². The van der Waals surface area contributed by atoms with Gasteiger partial charge in [-0.3, -0.25) is 4.79 Å². The zero-order valence-electron chi connectivity index (χ0n) is 11.6. The second kappa shape index (κ2) is 4.67. The Hall–Kier alpha value is -2.30. The molecule has 0 aliphatic heterocycles. The highest BCUT2D eigenvalue weighted by atomic mass is 16.3. The Balaban J connectivity index is 1.90. The molecule has 2 aromatic rings. The second-order valence-electron chi connectivity index (χ2n) is 5.23. The van der Waals surface area contributed by atoms with Crippen LogP contribution in [0.3, 0.4) is 0 Å². The van der Waals surface area contributed by atoms with Gasteiger partial charge < -0.3 is 15.0 Å². The number of nitrogens with zero attached hydrogens (tertiary/aromatic N) is 2. The maximum absolute atomic E-state index is 11.9. The molecule has 3 rings (SSSR count). The first-order chi connectivity index (χ1) is 9.56. The first-order valence-corrected chi connectivity index (χ1v) is 6.69. The number of benzene rings is 1. The number of carbonyl (C=O) groups is 1. The fourth-order valence-corrected chi connectivity index (χ4v) is 2.14. The molecule has 0 bridgehead atoms. The minimum atomic E-state index is -0.129. The molecular formula is C15H17N3O2. The second-order valence-corrected chi connectivity index (χ2v) is 5.23. The van der Waals surface area contributed by atoms with Crippen LogP contribution in [0.15, 0.2) is 24.4 Å². The normalized spacial score (nSPS) is 14.3. The number of hydrogen-bond donors (Lipinski definition) is 2. The van der Waals surface area contributed by atoms with Crippen LogP contribution in [0.2, 0.25) is 0 Å². The Bertz CT molecular complexity index is 672. The molecule has 0 spiro atoms. The molecule has 0 saturated heterocycles. The van der Waals surface area contributed by atoms with Crippen LogP contribution in [-0.4, -0.2) is 26.6 Å². The molecule has 1 aliphatic carbocycles. The first-order valence-electron chi connectivity index (χ1n) is 6.69. The minimum Gasteiger partial charge on any atom is -0.507 e. The van der Waals surface area contributed by atoms with Gasteiger partial charge in [0.05, 0.1) is 11.9 Å². The number of amides is 1. The average molecular weight is 271 g/mol. The minimum absolute atomic E-state index is 0.0939. The van der Waals surface area contributed by atoms with Crippen molar-refractivity contribution in [1.82, 2.24) is 14.9 Å². The van der Waals surface area contributed by atoms with E-state index in [1.807, 2.05) is 18.5 Å². The van der Waals surface area contributed by atoms with Crippen LogP contribution >= 0.6 is 0 Å². The lowest BCUT2D eigenvalue weighted by atomic mass is 10.1. The first kappa shape index (κ1) is 12.7. The summed E-state index contributed by atoms with van der Waals surface area (Å²) >= 11 is 0. The van der Waals surface area contributed by atoms with Crippen molar-refractivity contribution in [3.05, 3.63) is 35.8 Å². The SMILES string of the molecule is Cc1ncc(-c2ccc(C(=O)NC3CC3)cc2O)n1C. The predicted molar refractivity (Wildman–Crippen MR) is 75.5 cm³/mol. The van der Waals surface area contributed by atoms with Crippen LogP contribution in [0.1, 0.15) is 29.0 Å². The van der Waals surface area contributed by atoms with E-state index in [9.17, 15) is 9.90 Å². The van der Waals surface area contributed by atoms with E-state index in [2.05, 4.69) is 10.3 Å². The fourth-order valence-electron chi connectivity index (χ4n) is 2.14. The molecule has 20 heavy (non-hydrogen) atoms. The van der Waals surface area contributed by atoms with E-state index in [-0.39, 0.29) is 11.7 Å². The van der Waals surface area contributed by atoms with Gasteiger partial charge in [0.1, 0.15) is 11.6 Å². The summed E-state index contributed by atoms with van der Waals surface area (Å²) in [6.45, 7) is 1.90. The van der Waals surface area contributed by atoms with Crippen molar-refractivity contribution in [2.75, 3.05) is 0 Å². The molecule has 1 aromatic carbocycles. The van der Waals surface area contributed by atoms with E-state index in [0.717, 1.165) is 24.4 Å². The van der Waals surface area contributed by atoms with E-state index in [0.29, 0.717) is 17.2 Å². The summed E-state index contributed by atoms with van der Waals surface area (Å²) in [6.07, 6.45) is 3.81. The highest BCUT2D eigenvalue weighted by Gasteiger charge is 2.24. The average Bonchev–Trinajstić information content (AvgIpc) is 3.17. The summed E-state index contributed by atoms with van der Waals surface area (Å²) in [4.78, 5) is 16.1. The Morgan fingerprint density at radius 2 is 2.20 bits per heavy atom. The Morgan fingerprint density at radius 3 is 2.75 bits per heavy atom. The molecule has 1 amide bonds. The van der Waals surface area contributed by atoms with Crippen LogP contribution in [0.5, 0.6) is 5.75 Å². The van der Waals surface area contributed by atoms with Crippen LogP contribution < -0.4 is 5.32 Å². The van der Waals surface area contributed by atoms with Gasteiger partial charge in [-0.25, -0.2) is 4.98 Å². The van der Waals surface area contributed by atoms with Crippen LogP contribution in [0, 0.1) is 6.92 Å². The third-order valence-corrected chi connectivity index (χ3v) is 3.67. The number of carbonyl (C=O) groups excluding carboxylic acids is 1. The Morgan fingerprint density at radius 1 is 1.45 bits per heavy atom. The van der Waals surface area contributed by atoms with Gasteiger partial charge >= 0.3 is 0 Å². The lowest BCUT2D eigenvalue weighted by molar-refractivity contribution is 0.0950. The molecule has 2 N–H and O–H groups in total. The maximum Gasteiger partial charge on any atom is 0.251 e. The number of hydrogen-bond acceptors (Lipinski definition) is 3. The summed E-state index contributed by atoms with van der Waals surface area (Å²) in [5.41, 5.74) is 1.99. The molecule has 0 unspecified atom stereocenters. The van der Waals surface area contributed by atoms with Crippen molar-refractivity contribution < 1.29 is 9.90 Å². The molecule has 0 radical (unpaired) electrons. The largest absolute Gasteiger partial charge is 0.507 e. The molecule has 1 heterocycles. The molecular weight excluding hydrogens is 254 g/mol. The number of rotatable bonds is 3. The van der Waals surface area contributed by atoms with Crippen LogP contribution in [0.4, 0.5) is 0 Å². The number of phenols is 1. The number of aryl methyl sites for hydroxylation is 1. The van der Waals surface area contributed by atoms with Gasteiger partial charge in [-0.05, 0) is 38.0 Å².